The first kappa shape index (κ1) is 16.8. The van der Waals surface area contributed by atoms with E-state index in [4.69, 9.17) is 19.3 Å². The lowest BCUT2D eigenvalue weighted by Gasteiger charge is -2.14. The fourth-order valence-corrected chi connectivity index (χ4v) is 1.67. The third-order valence-corrected chi connectivity index (χ3v) is 2.59. The quantitative estimate of drug-likeness (QED) is 0.741. The standard InChI is InChI=1S/C14H19NO6/c1-9(7-19-2)15-13(16)8-21-11-5-4-10(14(17)18)6-12(11)20-3/h4-6,9H,7-8H2,1-3H3,(H,15,16)(H,17,18)/t9-/m0/s1. The number of carbonyl (C=O) groups excluding carboxylic acids is 1. The molecular formula is C14H19NO6. The van der Waals surface area contributed by atoms with Gasteiger partial charge in [0, 0.05) is 13.2 Å². The van der Waals surface area contributed by atoms with Gasteiger partial charge in [-0.25, -0.2) is 4.79 Å². The number of carboxylic acids is 1. The molecule has 0 fully saturated rings. The van der Waals surface area contributed by atoms with Crippen LogP contribution in [0.15, 0.2) is 18.2 Å². The van der Waals surface area contributed by atoms with E-state index in [-0.39, 0.29) is 29.9 Å². The van der Waals surface area contributed by atoms with Gasteiger partial charge < -0.3 is 24.6 Å². The number of ether oxygens (including phenoxy) is 3. The Morgan fingerprint density at radius 3 is 2.57 bits per heavy atom. The van der Waals surface area contributed by atoms with Crippen molar-refractivity contribution in [2.75, 3.05) is 27.4 Å². The Kier molecular flexibility index (Phi) is 6.48. The van der Waals surface area contributed by atoms with Crippen LogP contribution in [0.5, 0.6) is 11.5 Å². The van der Waals surface area contributed by atoms with E-state index in [1.54, 1.807) is 7.11 Å². The maximum absolute atomic E-state index is 11.6. The minimum atomic E-state index is -1.06. The third kappa shape index (κ3) is 5.31. The van der Waals surface area contributed by atoms with Crippen LogP contribution in [-0.4, -0.2) is 50.5 Å². The topological polar surface area (TPSA) is 94.1 Å². The smallest absolute Gasteiger partial charge is 0.335 e. The zero-order valence-electron chi connectivity index (χ0n) is 12.2. The molecule has 0 saturated heterocycles. The van der Waals surface area contributed by atoms with E-state index in [9.17, 15) is 9.59 Å². The van der Waals surface area contributed by atoms with Crippen LogP contribution in [-0.2, 0) is 9.53 Å². The molecule has 0 bridgehead atoms. The zero-order valence-corrected chi connectivity index (χ0v) is 12.2. The number of nitrogens with one attached hydrogen (secondary N) is 1. The van der Waals surface area contributed by atoms with E-state index in [0.717, 1.165) is 0 Å². The van der Waals surface area contributed by atoms with Gasteiger partial charge in [-0.15, -0.1) is 0 Å². The first-order chi connectivity index (χ1) is 9.97. The van der Waals surface area contributed by atoms with Gasteiger partial charge in [0.2, 0.25) is 0 Å². The summed E-state index contributed by atoms with van der Waals surface area (Å²) in [6, 6.07) is 4.05. The van der Waals surface area contributed by atoms with Gasteiger partial charge in [-0.1, -0.05) is 0 Å². The van der Waals surface area contributed by atoms with E-state index in [1.807, 2.05) is 6.92 Å². The first-order valence-electron chi connectivity index (χ1n) is 6.30. The molecule has 0 heterocycles. The Morgan fingerprint density at radius 1 is 1.29 bits per heavy atom. The number of methoxy groups -OCH3 is 2. The van der Waals surface area contributed by atoms with Crippen LogP contribution in [0.4, 0.5) is 0 Å². The molecular weight excluding hydrogens is 278 g/mol. The van der Waals surface area contributed by atoms with E-state index < -0.39 is 5.97 Å². The molecule has 21 heavy (non-hydrogen) atoms. The van der Waals surface area contributed by atoms with Crippen LogP contribution < -0.4 is 14.8 Å². The first-order valence-corrected chi connectivity index (χ1v) is 6.30. The fraction of sp³-hybridized carbons (Fsp3) is 0.429. The van der Waals surface area contributed by atoms with Gasteiger partial charge in [-0.3, -0.25) is 4.79 Å². The van der Waals surface area contributed by atoms with Gasteiger partial charge in [0.25, 0.3) is 5.91 Å². The van der Waals surface area contributed by atoms with Crippen molar-refractivity contribution in [1.29, 1.82) is 0 Å². The van der Waals surface area contributed by atoms with Crippen LogP contribution in [0.2, 0.25) is 0 Å². The second-order valence-electron chi connectivity index (χ2n) is 4.38. The van der Waals surface area contributed by atoms with E-state index in [1.165, 1.54) is 25.3 Å². The summed E-state index contributed by atoms with van der Waals surface area (Å²) in [4.78, 5) is 22.5. The van der Waals surface area contributed by atoms with Gasteiger partial charge in [0.05, 0.1) is 19.3 Å². The average Bonchev–Trinajstić information content (AvgIpc) is 2.44. The molecule has 7 heteroatoms. The lowest BCUT2D eigenvalue weighted by atomic mass is 10.2. The molecule has 0 aliphatic carbocycles. The maximum Gasteiger partial charge on any atom is 0.335 e. The molecule has 2 N–H and O–H groups in total. The molecule has 0 radical (unpaired) electrons. The minimum absolute atomic E-state index is 0.0809. The Labute approximate surface area is 122 Å². The summed E-state index contributed by atoms with van der Waals surface area (Å²) >= 11 is 0. The zero-order chi connectivity index (χ0) is 15.8. The summed E-state index contributed by atoms with van der Waals surface area (Å²) in [6.45, 7) is 2.02. The highest BCUT2D eigenvalue weighted by molar-refractivity contribution is 5.88. The number of rotatable bonds is 8. The van der Waals surface area contributed by atoms with Crippen LogP contribution in [0.25, 0.3) is 0 Å². The monoisotopic (exact) mass is 297 g/mol. The van der Waals surface area contributed by atoms with Crippen molar-refractivity contribution in [1.82, 2.24) is 5.32 Å². The van der Waals surface area contributed by atoms with Crippen molar-refractivity contribution < 1.29 is 28.9 Å². The summed E-state index contributed by atoms with van der Waals surface area (Å²) in [7, 11) is 2.95. The lowest BCUT2D eigenvalue weighted by Crippen LogP contribution is -2.38. The number of carbonyl (C=O) groups is 2. The summed E-state index contributed by atoms with van der Waals surface area (Å²) in [6.07, 6.45) is 0. The molecule has 1 aromatic rings. The number of carboxylic acid groups (broad SMARTS) is 1. The Balaban J connectivity index is 2.62. The van der Waals surface area contributed by atoms with Gasteiger partial charge in [-0.2, -0.15) is 0 Å². The molecule has 1 rings (SSSR count). The highest BCUT2D eigenvalue weighted by Gasteiger charge is 2.12. The average molecular weight is 297 g/mol. The van der Waals surface area contributed by atoms with Gasteiger partial charge in [0.1, 0.15) is 0 Å². The van der Waals surface area contributed by atoms with E-state index >= 15 is 0 Å². The van der Waals surface area contributed by atoms with Crippen LogP contribution in [0, 0.1) is 0 Å². The Hall–Kier alpha value is -2.28. The van der Waals surface area contributed by atoms with Crippen LogP contribution >= 0.6 is 0 Å². The number of hydrogen-bond acceptors (Lipinski definition) is 5. The second kappa shape index (κ2) is 8.11. The minimum Gasteiger partial charge on any atom is -0.493 e. The van der Waals surface area contributed by atoms with Crippen molar-refractivity contribution in [2.24, 2.45) is 0 Å². The molecule has 0 aliphatic heterocycles. The van der Waals surface area contributed by atoms with Gasteiger partial charge >= 0.3 is 5.97 Å². The maximum atomic E-state index is 11.6. The SMILES string of the molecule is COC[C@H](C)NC(=O)COc1ccc(C(=O)O)cc1OC. The van der Waals surface area contributed by atoms with E-state index in [2.05, 4.69) is 5.32 Å². The molecule has 1 amide bonds. The molecule has 0 saturated carbocycles. The summed E-state index contributed by atoms with van der Waals surface area (Å²) < 4.78 is 15.3. The summed E-state index contributed by atoms with van der Waals surface area (Å²) in [5.41, 5.74) is 0.0809. The van der Waals surface area contributed by atoms with Crippen molar-refractivity contribution in [3.63, 3.8) is 0 Å². The van der Waals surface area contributed by atoms with Gasteiger partial charge in [-0.05, 0) is 25.1 Å². The van der Waals surface area contributed by atoms with Crippen molar-refractivity contribution in [3.8, 4) is 11.5 Å². The number of benzene rings is 1. The number of hydrogen-bond donors (Lipinski definition) is 2. The van der Waals surface area contributed by atoms with Crippen molar-refractivity contribution >= 4 is 11.9 Å². The molecule has 1 atom stereocenters. The van der Waals surface area contributed by atoms with E-state index in [0.29, 0.717) is 12.4 Å². The molecule has 7 nitrogen and oxygen atoms in total. The molecule has 116 valence electrons. The molecule has 0 unspecified atom stereocenters. The normalized spacial score (nSPS) is 11.6. The number of aromatic carboxylic acids is 1. The molecule has 0 aromatic heterocycles. The highest BCUT2D eigenvalue weighted by Crippen LogP contribution is 2.27. The lowest BCUT2D eigenvalue weighted by molar-refractivity contribution is -0.124. The predicted octanol–water partition coefficient (Wildman–Crippen LogP) is 0.923. The predicted molar refractivity (Wildman–Crippen MR) is 74.9 cm³/mol. The molecule has 0 spiro atoms. The van der Waals surface area contributed by atoms with Crippen LogP contribution in [0.3, 0.4) is 0 Å². The Morgan fingerprint density at radius 2 is 2.00 bits per heavy atom. The van der Waals surface area contributed by atoms with Crippen molar-refractivity contribution in [2.45, 2.75) is 13.0 Å². The summed E-state index contributed by atoms with van der Waals surface area (Å²) in [5, 5.41) is 11.6. The summed E-state index contributed by atoms with van der Waals surface area (Å²) in [5.74, 6) is -0.806. The largest absolute Gasteiger partial charge is 0.493 e. The second-order valence-corrected chi connectivity index (χ2v) is 4.38. The van der Waals surface area contributed by atoms with Crippen molar-refractivity contribution in [3.05, 3.63) is 23.8 Å². The molecule has 1 aromatic carbocycles. The van der Waals surface area contributed by atoms with Gasteiger partial charge in [0.15, 0.2) is 18.1 Å². The Bertz CT molecular complexity index is 502. The molecule has 0 aliphatic rings. The highest BCUT2D eigenvalue weighted by atomic mass is 16.5. The third-order valence-electron chi connectivity index (χ3n) is 2.59. The van der Waals surface area contributed by atoms with Crippen LogP contribution in [0.1, 0.15) is 17.3 Å². The number of amides is 1. The fourth-order valence-electron chi connectivity index (χ4n) is 1.67.